The van der Waals surface area contributed by atoms with E-state index in [0.717, 1.165) is 0 Å². The fraction of sp³-hybridized carbons (Fsp3) is 0.217. The number of anilines is 1. The third kappa shape index (κ3) is 6.13. The van der Waals surface area contributed by atoms with Gasteiger partial charge in [-0.2, -0.15) is 0 Å². The Morgan fingerprint density at radius 1 is 0.867 bits per heavy atom. The van der Waals surface area contributed by atoms with Gasteiger partial charge in [-0.1, -0.05) is 12.1 Å². The maximum absolute atomic E-state index is 12.4. The number of amides is 1. The molecule has 156 valence electrons. The summed E-state index contributed by atoms with van der Waals surface area (Å²) in [7, 11) is 0. The molecule has 1 amide bonds. The van der Waals surface area contributed by atoms with Gasteiger partial charge in [0.15, 0.2) is 6.61 Å². The minimum absolute atomic E-state index is 0.169. The van der Waals surface area contributed by atoms with Crippen LogP contribution in [0.3, 0.4) is 0 Å². The molecule has 3 rings (SSSR count). The molecule has 3 aromatic rings. The molecule has 0 unspecified atom stereocenters. The average molecular weight is 408 g/mol. The number of benzene rings is 2. The van der Waals surface area contributed by atoms with Gasteiger partial charge in [0.05, 0.1) is 18.9 Å². The van der Waals surface area contributed by atoms with Gasteiger partial charge in [-0.15, -0.1) is 0 Å². The maximum Gasteiger partial charge on any atom is 0.262 e. The lowest BCUT2D eigenvalue weighted by Crippen LogP contribution is -2.20. The van der Waals surface area contributed by atoms with Crippen LogP contribution in [0.1, 0.15) is 13.8 Å². The smallest absolute Gasteiger partial charge is 0.262 e. The quantitative estimate of drug-likeness (QED) is 0.524. The standard InChI is InChI=1S/C23H24N2O5/c1-3-27-18-11-12-21(28-4-2)20(15-18)25-22(26)16-29-17-8-7-9-19(14-17)30-23-10-5-6-13-24-23/h5-15H,3-4,16H2,1-2H3,(H,25,26). The van der Waals surface area contributed by atoms with Crippen LogP contribution in [0.5, 0.6) is 28.9 Å². The van der Waals surface area contributed by atoms with Crippen LogP contribution in [0.2, 0.25) is 0 Å². The summed E-state index contributed by atoms with van der Waals surface area (Å²) >= 11 is 0. The number of carbonyl (C=O) groups is 1. The highest BCUT2D eigenvalue weighted by molar-refractivity contribution is 5.93. The molecule has 0 aliphatic carbocycles. The van der Waals surface area contributed by atoms with Crippen molar-refractivity contribution in [3.05, 3.63) is 66.9 Å². The summed E-state index contributed by atoms with van der Waals surface area (Å²) in [5.41, 5.74) is 0.531. The van der Waals surface area contributed by atoms with Gasteiger partial charge in [-0.05, 0) is 44.2 Å². The zero-order valence-electron chi connectivity index (χ0n) is 17.0. The Kier molecular flexibility index (Phi) is 7.49. The zero-order valence-corrected chi connectivity index (χ0v) is 17.0. The van der Waals surface area contributed by atoms with Gasteiger partial charge < -0.3 is 24.3 Å². The van der Waals surface area contributed by atoms with Crippen LogP contribution < -0.4 is 24.3 Å². The van der Waals surface area contributed by atoms with Crippen molar-refractivity contribution in [3.8, 4) is 28.9 Å². The Labute approximate surface area is 175 Å². The minimum Gasteiger partial charge on any atom is -0.494 e. The molecule has 0 saturated carbocycles. The normalized spacial score (nSPS) is 10.2. The van der Waals surface area contributed by atoms with Crippen molar-refractivity contribution in [2.24, 2.45) is 0 Å². The van der Waals surface area contributed by atoms with Gasteiger partial charge in [0, 0.05) is 24.4 Å². The van der Waals surface area contributed by atoms with Gasteiger partial charge >= 0.3 is 0 Å². The molecule has 0 bridgehead atoms. The van der Waals surface area contributed by atoms with E-state index in [0.29, 0.717) is 47.8 Å². The fourth-order valence-electron chi connectivity index (χ4n) is 2.64. The number of hydrogen-bond donors (Lipinski definition) is 1. The number of aromatic nitrogens is 1. The van der Waals surface area contributed by atoms with Gasteiger partial charge in [-0.25, -0.2) is 4.98 Å². The maximum atomic E-state index is 12.4. The van der Waals surface area contributed by atoms with Crippen molar-refractivity contribution in [1.29, 1.82) is 0 Å². The van der Waals surface area contributed by atoms with Crippen LogP contribution in [0, 0.1) is 0 Å². The van der Waals surface area contributed by atoms with Crippen LogP contribution >= 0.6 is 0 Å². The summed E-state index contributed by atoms with van der Waals surface area (Å²) in [6, 6.07) is 17.7. The van der Waals surface area contributed by atoms with Crippen molar-refractivity contribution >= 4 is 11.6 Å². The lowest BCUT2D eigenvalue weighted by molar-refractivity contribution is -0.118. The molecule has 0 aliphatic rings. The Morgan fingerprint density at radius 2 is 1.67 bits per heavy atom. The summed E-state index contributed by atoms with van der Waals surface area (Å²) in [6.07, 6.45) is 1.65. The largest absolute Gasteiger partial charge is 0.494 e. The predicted molar refractivity (Wildman–Crippen MR) is 114 cm³/mol. The second kappa shape index (κ2) is 10.7. The average Bonchev–Trinajstić information content (AvgIpc) is 2.75. The van der Waals surface area contributed by atoms with E-state index in [1.54, 1.807) is 54.7 Å². The molecule has 2 aromatic carbocycles. The number of nitrogens with zero attached hydrogens (tertiary/aromatic N) is 1. The minimum atomic E-state index is -0.319. The van der Waals surface area contributed by atoms with Crippen LogP contribution in [0.4, 0.5) is 5.69 Å². The van der Waals surface area contributed by atoms with Crippen molar-refractivity contribution in [1.82, 2.24) is 4.98 Å². The lowest BCUT2D eigenvalue weighted by Gasteiger charge is -2.14. The third-order valence-electron chi connectivity index (χ3n) is 3.87. The number of ether oxygens (including phenoxy) is 4. The molecule has 1 heterocycles. The molecule has 0 fully saturated rings. The third-order valence-corrected chi connectivity index (χ3v) is 3.87. The molecular weight excluding hydrogens is 384 g/mol. The molecule has 0 radical (unpaired) electrons. The second-order valence-electron chi connectivity index (χ2n) is 6.11. The monoisotopic (exact) mass is 408 g/mol. The molecule has 30 heavy (non-hydrogen) atoms. The van der Waals surface area contributed by atoms with E-state index in [1.807, 2.05) is 26.0 Å². The lowest BCUT2D eigenvalue weighted by atomic mass is 10.2. The SMILES string of the molecule is CCOc1ccc(OCC)c(NC(=O)COc2cccc(Oc3ccccn3)c2)c1. The van der Waals surface area contributed by atoms with E-state index < -0.39 is 0 Å². The van der Waals surface area contributed by atoms with Crippen LogP contribution in [0.25, 0.3) is 0 Å². The zero-order chi connectivity index (χ0) is 21.2. The van der Waals surface area contributed by atoms with Crippen molar-refractivity contribution in [2.75, 3.05) is 25.1 Å². The molecule has 0 saturated heterocycles. The first-order valence-corrected chi connectivity index (χ1v) is 9.69. The summed E-state index contributed by atoms with van der Waals surface area (Å²) < 4.78 is 22.4. The summed E-state index contributed by atoms with van der Waals surface area (Å²) in [5.74, 6) is 2.45. The van der Waals surface area contributed by atoms with E-state index in [9.17, 15) is 4.79 Å². The highest BCUT2D eigenvalue weighted by Crippen LogP contribution is 2.29. The number of carbonyl (C=O) groups excluding carboxylic acids is 1. The number of rotatable bonds is 10. The Balaban J connectivity index is 1.61. The molecule has 0 spiro atoms. The first-order chi connectivity index (χ1) is 14.7. The molecule has 7 heteroatoms. The number of pyridine rings is 1. The van der Waals surface area contributed by atoms with Crippen LogP contribution in [-0.4, -0.2) is 30.7 Å². The van der Waals surface area contributed by atoms with E-state index >= 15 is 0 Å². The second-order valence-corrected chi connectivity index (χ2v) is 6.11. The molecule has 0 aliphatic heterocycles. The van der Waals surface area contributed by atoms with E-state index in [4.69, 9.17) is 18.9 Å². The van der Waals surface area contributed by atoms with Crippen molar-refractivity contribution in [2.45, 2.75) is 13.8 Å². The van der Waals surface area contributed by atoms with Gasteiger partial charge in [0.2, 0.25) is 5.88 Å². The van der Waals surface area contributed by atoms with Gasteiger partial charge in [-0.3, -0.25) is 4.79 Å². The topological polar surface area (TPSA) is 78.9 Å². The molecule has 1 N–H and O–H groups in total. The van der Waals surface area contributed by atoms with Crippen molar-refractivity contribution < 1.29 is 23.7 Å². The summed E-state index contributed by atoms with van der Waals surface area (Å²) in [4.78, 5) is 16.5. The predicted octanol–water partition coefficient (Wildman–Crippen LogP) is 4.69. The molecule has 0 atom stereocenters. The van der Waals surface area contributed by atoms with Gasteiger partial charge in [0.1, 0.15) is 23.0 Å². The fourth-order valence-corrected chi connectivity index (χ4v) is 2.64. The Morgan fingerprint density at radius 3 is 2.43 bits per heavy atom. The summed E-state index contributed by atoms with van der Waals surface area (Å²) in [5, 5.41) is 2.81. The van der Waals surface area contributed by atoms with Gasteiger partial charge in [0.25, 0.3) is 5.91 Å². The first-order valence-electron chi connectivity index (χ1n) is 9.69. The van der Waals surface area contributed by atoms with E-state index in [-0.39, 0.29) is 12.5 Å². The van der Waals surface area contributed by atoms with Crippen molar-refractivity contribution in [3.63, 3.8) is 0 Å². The van der Waals surface area contributed by atoms with Crippen LogP contribution in [0.15, 0.2) is 66.9 Å². The highest BCUT2D eigenvalue weighted by Gasteiger charge is 2.11. The molecule has 1 aromatic heterocycles. The van der Waals surface area contributed by atoms with E-state index in [2.05, 4.69) is 10.3 Å². The van der Waals surface area contributed by atoms with E-state index in [1.165, 1.54) is 0 Å². The number of hydrogen-bond acceptors (Lipinski definition) is 6. The highest BCUT2D eigenvalue weighted by atomic mass is 16.5. The summed E-state index contributed by atoms with van der Waals surface area (Å²) in [6.45, 7) is 4.62. The first kappa shape index (κ1) is 21.0. The molecular formula is C23H24N2O5. The molecule has 7 nitrogen and oxygen atoms in total. The Hall–Kier alpha value is -3.74. The Bertz CT molecular complexity index is 963. The van der Waals surface area contributed by atoms with Crippen LogP contribution in [-0.2, 0) is 4.79 Å². The number of nitrogens with one attached hydrogen (secondary N) is 1.